The normalized spacial score (nSPS) is 12.0. The van der Waals surface area contributed by atoms with Crippen LogP contribution in [0.15, 0.2) is 59.6 Å². The highest BCUT2D eigenvalue weighted by Crippen LogP contribution is 2.29. The van der Waals surface area contributed by atoms with Crippen molar-refractivity contribution in [1.29, 1.82) is 0 Å². The molecular formula is C27H29FN4O2S. The lowest BCUT2D eigenvalue weighted by molar-refractivity contribution is 0.246. The van der Waals surface area contributed by atoms with Gasteiger partial charge < -0.3 is 5.32 Å². The number of hydrogen-bond acceptors (Lipinski definition) is 3. The van der Waals surface area contributed by atoms with Crippen LogP contribution in [0.3, 0.4) is 0 Å². The molecule has 2 N–H and O–H groups in total. The Bertz CT molecular complexity index is 1400. The molecule has 2 aromatic carbocycles. The number of aryl methyl sites for hydroxylation is 4. The van der Waals surface area contributed by atoms with Gasteiger partial charge in [-0.2, -0.15) is 0 Å². The standard InChI is InChI=1S/C27H29FN4O2S/c1-5-23-25(32-16-18(3)24(28)19(4)26(32)30-23)21-10-8-20(9-11-21)14-15-29-27(33)31-35(34)22-12-6-17(2)7-13-22/h6-13,16H,5,14-15H2,1-4H3,(H2,29,31,33). The second-order valence-corrected chi connectivity index (χ2v) is 9.81. The Balaban J connectivity index is 1.41. The molecule has 2 amide bonds. The van der Waals surface area contributed by atoms with E-state index in [1.54, 1.807) is 32.2 Å². The van der Waals surface area contributed by atoms with E-state index in [4.69, 9.17) is 4.98 Å². The minimum atomic E-state index is -1.60. The highest BCUT2D eigenvalue weighted by Gasteiger charge is 2.17. The molecule has 1 atom stereocenters. The van der Waals surface area contributed by atoms with Crippen LogP contribution in [0, 0.1) is 26.6 Å². The molecule has 0 saturated heterocycles. The summed E-state index contributed by atoms with van der Waals surface area (Å²) in [5.41, 5.74) is 6.79. The van der Waals surface area contributed by atoms with Gasteiger partial charge in [0.15, 0.2) is 11.0 Å². The smallest absolute Gasteiger partial charge is 0.326 e. The summed E-state index contributed by atoms with van der Waals surface area (Å²) in [6.07, 6.45) is 3.17. The van der Waals surface area contributed by atoms with Gasteiger partial charge in [0.1, 0.15) is 11.5 Å². The number of benzene rings is 2. The lowest BCUT2D eigenvalue weighted by Crippen LogP contribution is -2.37. The molecule has 0 fully saturated rings. The summed E-state index contributed by atoms with van der Waals surface area (Å²) in [6, 6.07) is 14.8. The SMILES string of the molecule is CCc1nc2c(C)c(F)c(C)cn2c1-c1ccc(CCNC(=O)NS(=O)c2ccc(C)cc2)cc1. The van der Waals surface area contributed by atoms with E-state index in [-0.39, 0.29) is 5.82 Å². The van der Waals surface area contributed by atoms with Crippen molar-refractivity contribution in [2.75, 3.05) is 6.54 Å². The first-order chi connectivity index (χ1) is 16.8. The molecule has 2 aromatic heterocycles. The van der Waals surface area contributed by atoms with Crippen LogP contribution in [0.25, 0.3) is 16.9 Å². The number of urea groups is 1. The molecule has 35 heavy (non-hydrogen) atoms. The summed E-state index contributed by atoms with van der Waals surface area (Å²) in [4.78, 5) is 17.4. The van der Waals surface area contributed by atoms with Gasteiger partial charge in [-0.1, -0.05) is 48.9 Å². The quantitative estimate of drug-likeness (QED) is 0.373. The Morgan fingerprint density at radius 1 is 1.06 bits per heavy atom. The number of rotatable bonds is 7. The van der Waals surface area contributed by atoms with Crippen LogP contribution in [-0.4, -0.2) is 26.2 Å². The van der Waals surface area contributed by atoms with Crippen LogP contribution in [-0.2, 0) is 23.8 Å². The number of hydrogen-bond donors (Lipinski definition) is 2. The van der Waals surface area contributed by atoms with E-state index in [9.17, 15) is 13.4 Å². The van der Waals surface area contributed by atoms with Crippen molar-refractivity contribution in [1.82, 2.24) is 19.4 Å². The molecule has 0 aliphatic carbocycles. The average Bonchev–Trinajstić information content (AvgIpc) is 3.22. The van der Waals surface area contributed by atoms with E-state index < -0.39 is 17.0 Å². The fraction of sp³-hybridized carbons (Fsp3) is 0.259. The predicted octanol–water partition coefficient (Wildman–Crippen LogP) is 5.19. The molecule has 0 bridgehead atoms. The molecule has 0 spiro atoms. The molecule has 8 heteroatoms. The average molecular weight is 493 g/mol. The first-order valence-electron chi connectivity index (χ1n) is 11.6. The largest absolute Gasteiger partial charge is 0.337 e. The van der Waals surface area contributed by atoms with Crippen LogP contribution < -0.4 is 10.0 Å². The maximum Gasteiger partial charge on any atom is 0.326 e. The van der Waals surface area contributed by atoms with Crippen molar-refractivity contribution < 1.29 is 13.4 Å². The number of imidazole rings is 1. The van der Waals surface area contributed by atoms with Crippen LogP contribution in [0.1, 0.15) is 34.9 Å². The molecule has 2 heterocycles. The molecule has 0 aliphatic rings. The first-order valence-corrected chi connectivity index (χ1v) is 12.7. The van der Waals surface area contributed by atoms with Gasteiger partial charge in [-0.15, -0.1) is 0 Å². The Kier molecular flexibility index (Phi) is 7.31. The van der Waals surface area contributed by atoms with Gasteiger partial charge in [0.2, 0.25) is 0 Å². The van der Waals surface area contributed by atoms with Crippen LogP contribution in [0.2, 0.25) is 0 Å². The van der Waals surface area contributed by atoms with Crippen molar-refractivity contribution in [2.24, 2.45) is 0 Å². The van der Waals surface area contributed by atoms with Gasteiger partial charge in [0.05, 0.1) is 16.3 Å². The highest BCUT2D eigenvalue weighted by atomic mass is 32.2. The third-order valence-electron chi connectivity index (χ3n) is 6.00. The minimum absolute atomic E-state index is 0.216. The molecule has 0 radical (unpaired) electrons. The number of fused-ring (bicyclic) bond motifs is 1. The Hall–Kier alpha value is -3.52. The van der Waals surface area contributed by atoms with Crippen molar-refractivity contribution in [2.45, 2.75) is 45.4 Å². The lowest BCUT2D eigenvalue weighted by atomic mass is 10.0. The summed E-state index contributed by atoms with van der Waals surface area (Å²) in [5, 5.41) is 2.75. The summed E-state index contributed by atoms with van der Waals surface area (Å²) < 4.78 is 31.1. The molecular weight excluding hydrogens is 463 g/mol. The zero-order chi connectivity index (χ0) is 25.1. The lowest BCUT2D eigenvalue weighted by Gasteiger charge is -2.10. The van der Waals surface area contributed by atoms with Crippen LogP contribution in [0.5, 0.6) is 0 Å². The maximum absolute atomic E-state index is 14.4. The van der Waals surface area contributed by atoms with Crippen molar-refractivity contribution in [3.05, 3.63) is 88.5 Å². The first kappa shape index (κ1) is 24.6. The Morgan fingerprint density at radius 3 is 2.40 bits per heavy atom. The Morgan fingerprint density at radius 2 is 1.74 bits per heavy atom. The van der Waals surface area contributed by atoms with Crippen molar-refractivity contribution in [3.8, 4) is 11.3 Å². The zero-order valence-corrected chi connectivity index (χ0v) is 21.1. The van der Waals surface area contributed by atoms with Crippen molar-refractivity contribution >= 4 is 22.7 Å². The van der Waals surface area contributed by atoms with Crippen LogP contribution >= 0.6 is 0 Å². The summed E-state index contributed by atoms with van der Waals surface area (Å²) in [7, 11) is -1.60. The van der Waals surface area contributed by atoms with Gasteiger partial charge in [0.25, 0.3) is 0 Å². The topological polar surface area (TPSA) is 75.5 Å². The number of carbonyl (C=O) groups is 1. The van der Waals surface area contributed by atoms with Gasteiger partial charge in [-0.3, -0.25) is 9.12 Å². The molecule has 1 unspecified atom stereocenters. The summed E-state index contributed by atoms with van der Waals surface area (Å²) >= 11 is 0. The number of aromatic nitrogens is 2. The molecule has 4 aromatic rings. The monoisotopic (exact) mass is 492 g/mol. The second-order valence-electron chi connectivity index (χ2n) is 8.59. The van der Waals surface area contributed by atoms with E-state index in [0.717, 1.165) is 34.5 Å². The number of nitrogens with zero attached hydrogens (tertiary/aromatic N) is 2. The summed E-state index contributed by atoms with van der Waals surface area (Å²) in [5.74, 6) is -0.216. The van der Waals surface area contributed by atoms with Gasteiger partial charge in [-0.25, -0.2) is 18.4 Å². The fourth-order valence-corrected chi connectivity index (χ4v) is 4.80. The number of pyridine rings is 1. The molecule has 6 nitrogen and oxygen atoms in total. The van der Waals surface area contributed by atoms with Gasteiger partial charge >= 0.3 is 6.03 Å². The third kappa shape index (κ3) is 5.27. The summed E-state index contributed by atoms with van der Waals surface area (Å²) in [6.45, 7) is 7.92. The number of amides is 2. The van der Waals surface area contributed by atoms with E-state index in [2.05, 4.69) is 10.0 Å². The minimum Gasteiger partial charge on any atom is -0.337 e. The van der Waals surface area contributed by atoms with Crippen molar-refractivity contribution in [3.63, 3.8) is 0 Å². The second kappa shape index (κ2) is 10.4. The highest BCUT2D eigenvalue weighted by molar-refractivity contribution is 7.83. The van der Waals surface area contributed by atoms with Gasteiger partial charge in [0, 0.05) is 29.4 Å². The van der Waals surface area contributed by atoms with Gasteiger partial charge in [-0.05, 0) is 51.3 Å². The van der Waals surface area contributed by atoms with Crippen LogP contribution in [0.4, 0.5) is 9.18 Å². The van der Waals surface area contributed by atoms with E-state index in [1.807, 2.05) is 54.6 Å². The Labute approximate surface area is 207 Å². The number of carbonyl (C=O) groups excluding carboxylic acids is 1. The fourth-order valence-electron chi connectivity index (χ4n) is 4.06. The van der Waals surface area contributed by atoms with E-state index in [1.165, 1.54) is 0 Å². The maximum atomic E-state index is 14.4. The third-order valence-corrected chi connectivity index (χ3v) is 7.07. The molecule has 0 saturated carbocycles. The number of nitrogens with one attached hydrogen (secondary N) is 2. The predicted molar refractivity (Wildman–Crippen MR) is 137 cm³/mol. The van der Waals surface area contributed by atoms with E-state index in [0.29, 0.717) is 34.6 Å². The zero-order valence-electron chi connectivity index (χ0n) is 20.3. The van der Waals surface area contributed by atoms with E-state index >= 15 is 0 Å². The molecule has 182 valence electrons. The molecule has 4 rings (SSSR count). The molecule has 0 aliphatic heterocycles. The number of halogens is 1.